The fraction of sp³-hybridized carbons (Fsp3) is 0.304. The van der Waals surface area contributed by atoms with Gasteiger partial charge < -0.3 is 5.32 Å². The van der Waals surface area contributed by atoms with Crippen LogP contribution in [-0.2, 0) is 17.8 Å². The summed E-state index contributed by atoms with van der Waals surface area (Å²) in [5, 5.41) is 6.90. The first-order valence-corrected chi connectivity index (χ1v) is 11.2. The van der Waals surface area contributed by atoms with Crippen molar-refractivity contribution in [3.63, 3.8) is 0 Å². The lowest BCUT2D eigenvalue weighted by molar-refractivity contribution is -0.121. The topological polar surface area (TPSA) is 45.2 Å². The number of nitrogens with zero attached hydrogens (tertiary/aromatic N) is 2. The van der Waals surface area contributed by atoms with Gasteiger partial charge in [0.25, 0.3) is 0 Å². The summed E-state index contributed by atoms with van der Waals surface area (Å²) in [6.45, 7) is 2.91. The van der Waals surface area contributed by atoms with Gasteiger partial charge in [0.1, 0.15) is 5.01 Å². The summed E-state index contributed by atoms with van der Waals surface area (Å²) in [5.41, 5.74) is 3.21. The van der Waals surface area contributed by atoms with E-state index in [0.29, 0.717) is 6.42 Å². The number of halogens is 1. The summed E-state index contributed by atoms with van der Waals surface area (Å²) < 4.78 is 0. The van der Waals surface area contributed by atoms with Crippen LogP contribution in [-0.4, -0.2) is 34.9 Å². The summed E-state index contributed by atoms with van der Waals surface area (Å²) in [4.78, 5) is 19.5. The van der Waals surface area contributed by atoms with Crippen LogP contribution in [0, 0.1) is 0 Å². The summed E-state index contributed by atoms with van der Waals surface area (Å²) in [6.07, 6.45) is 2.30. The molecule has 2 heterocycles. The molecule has 0 spiro atoms. The van der Waals surface area contributed by atoms with Crippen molar-refractivity contribution < 1.29 is 4.79 Å². The number of benzene rings is 2. The summed E-state index contributed by atoms with van der Waals surface area (Å²) in [7, 11) is 0. The van der Waals surface area contributed by atoms with Crippen molar-refractivity contribution >= 4 is 28.8 Å². The Labute approximate surface area is 180 Å². The molecule has 1 amide bonds. The average Bonchev–Trinajstić information content (AvgIpc) is 3.20. The Morgan fingerprint density at radius 1 is 1.10 bits per heavy atom. The van der Waals surface area contributed by atoms with Crippen LogP contribution in [0.15, 0.2) is 60.0 Å². The zero-order chi connectivity index (χ0) is 20.1. The van der Waals surface area contributed by atoms with Crippen molar-refractivity contribution in [1.82, 2.24) is 15.2 Å². The SMILES string of the molecule is O=C(Cc1csc(-c2ccccc2)n1)NC1CCN(Cc2ccc(Cl)cc2)CC1. The second kappa shape index (κ2) is 9.53. The smallest absolute Gasteiger partial charge is 0.226 e. The maximum absolute atomic E-state index is 12.5. The molecule has 0 saturated carbocycles. The van der Waals surface area contributed by atoms with Crippen molar-refractivity contribution in [1.29, 1.82) is 0 Å². The Balaban J connectivity index is 1.23. The van der Waals surface area contributed by atoms with E-state index in [-0.39, 0.29) is 11.9 Å². The zero-order valence-electron chi connectivity index (χ0n) is 16.2. The number of piperidine rings is 1. The lowest BCUT2D eigenvalue weighted by atomic mass is 10.0. The minimum atomic E-state index is 0.0612. The predicted octanol–water partition coefficient (Wildman–Crippen LogP) is 4.79. The van der Waals surface area contributed by atoms with Crippen LogP contribution < -0.4 is 5.32 Å². The number of nitrogens with one attached hydrogen (secondary N) is 1. The Morgan fingerprint density at radius 3 is 2.55 bits per heavy atom. The molecule has 0 bridgehead atoms. The van der Waals surface area contributed by atoms with Gasteiger partial charge in [0.2, 0.25) is 5.91 Å². The Hall–Kier alpha value is -2.21. The van der Waals surface area contributed by atoms with Crippen molar-refractivity contribution in [3.05, 3.63) is 76.3 Å². The highest BCUT2D eigenvalue weighted by molar-refractivity contribution is 7.13. The molecule has 4 rings (SSSR count). The number of hydrogen-bond donors (Lipinski definition) is 1. The molecule has 3 aromatic rings. The number of rotatable bonds is 6. The molecule has 29 heavy (non-hydrogen) atoms. The second-order valence-electron chi connectivity index (χ2n) is 7.43. The predicted molar refractivity (Wildman–Crippen MR) is 119 cm³/mol. The molecule has 0 aliphatic carbocycles. The van der Waals surface area contributed by atoms with E-state index in [4.69, 9.17) is 11.6 Å². The van der Waals surface area contributed by atoms with Crippen LogP contribution in [0.3, 0.4) is 0 Å². The van der Waals surface area contributed by atoms with Gasteiger partial charge in [0.05, 0.1) is 12.1 Å². The third-order valence-electron chi connectivity index (χ3n) is 5.19. The molecule has 6 heteroatoms. The molecular weight excluding hydrogens is 402 g/mol. The highest BCUT2D eigenvalue weighted by atomic mass is 35.5. The molecule has 4 nitrogen and oxygen atoms in total. The number of carbonyl (C=O) groups is 1. The number of carbonyl (C=O) groups excluding carboxylic acids is 1. The number of amides is 1. The lowest BCUT2D eigenvalue weighted by Gasteiger charge is -2.32. The van der Waals surface area contributed by atoms with Crippen LogP contribution in [0.2, 0.25) is 5.02 Å². The van der Waals surface area contributed by atoms with Crippen LogP contribution in [0.4, 0.5) is 0 Å². The van der Waals surface area contributed by atoms with Crippen LogP contribution in [0.5, 0.6) is 0 Å². The average molecular weight is 426 g/mol. The number of hydrogen-bond acceptors (Lipinski definition) is 4. The van der Waals surface area contributed by atoms with Gasteiger partial charge in [-0.05, 0) is 30.5 Å². The molecule has 0 atom stereocenters. The van der Waals surface area contributed by atoms with E-state index < -0.39 is 0 Å². The van der Waals surface area contributed by atoms with E-state index in [1.54, 1.807) is 11.3 Å². The molecular formula is C23H24ClN3OS. The van der Waals surface area contributed by atoms with Gasteiger partial charge in [-0.1, -0.05) is 54.1 Å². The van der Waals surface area contributed by atoms with Gasteiger partial charge >= 0.3 is 0 Å². The van der Waals surface area contributed by atoms with Gasteiger partial charge in [0.15, 0.2) is 0 Å². The summed E-state index contributed by atoms with van der Waals surface area (Å²) in [6, 6.07) is 18.4. The maximum atomic E-state index is 12.5. The maximum Gasteiger partial charge on any atom is 0.226 e. The molecule has 150 valence electrons. The standard InChI is InChI=1S/C23H24ClN3OS/c24-19-8-6-17(7-9-19)15-27-12-10-20(11-13-27)25-22(28)14-21-16-29-23(26-21)18-4-2-1-3-5-18/h1-9,16,20H,10-15H2,(H,25,28). The van der Waals surface area contributed by atoms with Gasteiger partial charge in [-0.2, -0.15) is 0 Å². The highest BCUT2D eigenvalue weighted by Gasteiger charge is 2.21. The fourth-order valence-electron chi connectivity index (χ4n) is 3.63. The largest absolute Gasteiger partial charge is 0.353 e. The molecule has 1 saturated heterocycles. The quantitative estimate of drug-likeness (QED) is 0.617. The monoisotopic (exact) mass is 425 g/mol. The first-order valence-electron chi connectivity index (χ1n) is 9.92. The third-order valence-corrected chi connectivity index (χ3v) is 6.38. The highest BCUT2D eigenvalue weighted by Crippen LogP contribution is 2.23. The number of aromatic nitrogens is 1. The Bertz CT molecular complexity index is 934. The lowest BCUT2D eigenvalue weighted by Crippen LogP contribution is -2.44. The van der Waals surface area contributed by atoms with E-state index in [0.717, 1.165) is 53.8 Å². The molecule has 2 aromatic carbocycles. The molecule has 0 radical (unpaired) electrons. The molecule has 1 aliphatic heterocycles. The van der Waals surface area contributed by atoms with Crippen molar-refractivity contribution in [3.8, 4) is 10.6 Å². The second-order valence-corrected chi connectivity index (χ2v) is 8.73. The van der Waals surface area contributed by atoms with Gasteiger partial charge in [0, 0.05) is 41.6 Å². The van der Waals surface area contributed by atoms with E-state index in [1.165, 1.54) is 5.56 Å². The first-order chi connectivity index (χ1) is 14.2. The van der Waals surface area contributed by atoms with Crippen molar-refractivity contribution in [2.45, 2.75) is 31.8 Å². The first kappa shape index (κ1) is 20.1. The number of thiazole rings is 1. The molecule has 1 fully saturated rings. The normalized spacial score (nSPS) is 15.3. The van der Waals surface area contributed by atoms with Gasteiger partial charge in [-0.25, -0.2) is 4.98 Å². The van der Waals surface area contributed by atoms with Crippen LogP contribution in [0.1, 0.15) is 24.1 Å². The van der Waals surface area contributed by atoms with Gasteiger partial charge in [-0.15, -0.1) is 11.3 Å². The Kier molecular flexibility index (Phi) is 6.60. The van der Waals surface area contributed by atoms with E-state index >= 15 is 0 Å². The minimum absolute atomic E-state index is 0.0612. The summed E-state index contributed by atoms with van der Waals surface area (Å²) >= 11 is 7.54. The van der Waals surface area contributed by atoms with Gasteiger partial charge in [-0.3, -0.25) is 9.69 Å². The Morgan fingerprint density at radius 2 is 1.83 bits per heavy atom. The molecule has 1 aliphatic rings. The van der Waals surface area contributed by atoms with E-state index in [2.05, 4.69) is 27.3 Å². The molecule has 0 unspecified atom stereocenters. The van der Waals surface area contributed by atoms with E-state index in [1.807, 2.05) is 47.8 Å². The minimum Gasteiger partial charge on any atom is -0.353 e. The molecule has 1 N–H and O–H groups in total. The van der Waals surface area contributed by atoms with Crippen molar-refractivity contribution in [2.75, 3.05) is 13.1 Å². The van der Waals surface area contributed by atoms with Crippen LogP contribution >= 0.6 is 22.9 Å². The number of likely N-dealkylation sites (tertiary alicyclic amines) is 1. The third kappa shape index (κ3) is 5.66. The van der Waals surface area contributed by atoms with Crippen molar-refractivity contribution in [2.24, 2.45) is 0 Å². The fourth-order valence-corrected chi connectivity index (χ4v) is 4.58. The zero-order valence-corrected chi connectivity index (χ0v) is 17.8. The van der Waals surface area contributed by atoms with E-state index in [9.17, 15) is 4.79 Å². The summed E-state index contributed by atoms with van der Waals surface area (Å²) in [5.74, 6) is 0.0612. The molecule has 1 aromatic heterocycles. The van der Waals surface area contributed by atoms with Crippen LogP contribution in [0.25, 0.3) is 10.6 Å².